The number of rotatable bonds is 3. The molecule has 0 aromatic heterocycles. The summed E-state index contributed by atoms with van der Waals surface area (Å²) in [4.78, 5) is 11.8. The summed E-state index contributed by atoms with van der Waals surface area (Å²) in [5, 5.41) is 22.1. The lowest BCUT2D eigenvalue weighted by atomic mass is 9.96. The van der Waals surface area contributed by atoms with E-state index in [0.29, 0.717) is 13.0 Å². The maximum Gasteiger partial charge on any atom is 0.258 e. The lowest BCUT2D eigenvalue weighted by Gasteiger charge is -2.26. The molecule has 104 valence electrons. The fourth-order valence-corrected chi connectivity index (χ4v) is 2.06. The summed E-state index contributed by atoms with van der Waals surface area (Å²) in [5.41, 5.74) is -1.58. The third kappa shape index (κ3) is 2.69. The summed E-state index contributed by atoms with van der Waals surface area (Å²) in [5.74, 6) is -2.00. The summed E-state index contributed by atoms with van der Waals surface area (Å²) >= 11 is 0. The topological polar surface area (TPSA) is 78.8 Å². The summed E-state index contributed by atoms with van der Waals surface area (Å²) in [7, 11) is 0. The van der Waals surface area contributed by atoms with Crippen molar-refractivity contribution >= 4 is 5.91 Å². The van der Waals surface area contributed by atoms with E-state index in [-0.39, 0.29) is 6.54 Å². The molecule has 19 heavy (non-hydrogen) atoms. The van der Waals surface area contributed by atoms with Crippen LogP contribution in [0.2, 0.25) is 0 Å². The smallest absolute Gasteiger partial charge is 0.258 e. The fourth-order valence-electron chi connectivity index (χ4n) is 2.06. The van der Waals surface area contributed by atoms with E-state index in [1.807, 2.05) is 0 Å². The molecule has 2 unspecified atom stereocenters. The zero-order chi connectivity index (χ0) is 14.0. The van der Waals surface area contributed by atoms with Gasteiger partial charge in [-0.05, 0) is 19.1 Å². The molecule has 5 nitrogen and oxygen atoms in total. The average Bonchev–Trinajstić information content (AvgIpc) is 2.67. The van der Waals surface area contributed by atoms with Gasteiger partial charge in [0.05, 0.1) is 6.10 Å². The molecule has 3 N–H and O–H groups in total. The van der Waals surface area contributed by atoms with E-state index in [2.05, 4.69) is 5.32 Å². The Kier molecular flexibility index (Phi) is 3.73. The van der Waals surface area contributed by atoms with Crippen LogP contribution in [0.15, 0.2) is 18.2 Å². The van der Waals surface area contributed by atoms with E-state index in [1.165, 1.54) is 12.1 Å². The van der Waals surface area contributed by atoms with Gasteiger partial charge in [0.25, 0.3) is 5.91 Å². The predicted molar refractivity (Wildman–Crippen MR) is 65.4 cm³/mol. The number of ether oxygens (including phenoxy) is 1. The quantitative estimate of drug-likeness (QED) is 0.758. The molecule has 1 saturated heterocycles. The van der Waals surface area contributed by atoms with Crippen molar-refractivity contribution in [3.63, 3.8) is 0 Å². The van der Waals surface area contributed by atoms with E-state index in [9.17, 15) is 19.4 Å². The van der Waals surface area contributed by atoms with Crippen molar-refractivity contribution in [3.8, 4) is 5.75 Å². The minimum absolute atomic E-state index is 0.0548. The van der Waals surface area contributed by atoms with Crippen molar-refractivity contribution in [2.75, 3.05) is 13.2 Å². The van der Waals surface area contributed by atoms with Gasteiger partial charge in [0.15, 0.2) is 0 Å². The highest BCUT2D eigenvalue weighted by Crippen LogP contribution is 2.25. The average molecular weight is 269 g/mol. The van der Waals surface area contributed by atoms with Crippen LogP contribution >= 0.6 is 0 Å². The first kappa shape index (κ1) is 13.8. The van der Waals surface area contributed by atoms with Crippen LogP contribution in [-0.4, -0.2) is 41.0 Å². The van der Waals surface area contributed by atoms with Crippen LogP contribution in [0.25, 0.3) is 0 Å². The molecule has 1 amide bonds. The molecule has 0 aliphatic carbocycles. The Morgan fingerprint density at radius 3 is 2.95 bits per heavy atom. The first-order chi connectivity index (χ1) is 8.94. The lowest BCUT2D eigenvalue weighted by Crippen LogP contribution is -2.47. The van der Waals surface area contributed by atoms with Crippen LogP contribution < -0.4 is 5.32 Å². The van der Waals surface area contributed by atoms with E-state index >= 15 is 0 Å². The number of aromatic hydroxyl groups is 1. The normalized spacial score (nSPS) is 26.4. The highest BCUT2D eigenvalue weighted by molar-refractivity contribution is 5.97. The number of amides is 1. The monoisotopic (exact) mass is 269 g/mol. The van der Waals surface area contributed by atoms with Gasteiger partial charge in [-0.1, -0.05) is 6.07 Å². The van der Waals surface area contributed by atoms with E-state index < -0.39 is 34.7 Å². The van der Waals surface area contributed by atoms with Gasteiger partial charge >= 0.3 is 0 Å². The molecule has 1 aromatic carbocycles. The van der Waals surface area contributed by atoms with Gasteiger partial charge in [-0.25, -0.2) is 4.39 Å². The Labute approximate surface area is 110 Å². The van der Waals surface area contributed by atoms with Gasteiger partial charge in [0.2, 0.25) is 0 Å². The number of hydrogen-bond donors (Lipinski definition) is 3. The number of phenols is 1. The number of halogens is 1. The second kappa shape index (κ2) is 5.14. The maximum atomic E-state index is 13.5. The minimum atomic E-state index is -1.16. The van der Waals surface area contributed by atoms with Crippen molar-refractivity contribution in [3.05, 3.63) is 29.6 Å². The number of nitrogens with one attached hydrogen (secondary N) is 1. The summed E-state index contributed by atoms with van der Waals surface area (Å²) in [6.45, 7) is 2.07. The van der Waals surface area contributed by atoms with Crippen LogP contribution in [0.1, 0.15) is 23.7 Å². The second-order valence-corrected chi connectivity index (χ2v) is 4.68. The minimum Gasteiger partial charge on any atom is -0.507 e. The van der Waals surface area contributed by atoms with Gasteiger partial charge in [0.1, 0.15) is 22.7 Å². The van der Waals surface area contributed by atoms with E-state index in [0.717, 1.165) is 6.07 Å². The van der Waals surface area contributed by atoms with Crippen LogP contribution in [0.4, 0.5) is 4.39 Å². The molecular weight excluding hydrogens is 253 g/mol. The van der Waals surface area contributed by atoms with Crippen molar-refractivity contribution in [1.29, 1.82) is 0 Å². The maximum absolute atomic E-state index is 13.5. The Balaban J connectivity index is 2.06. The summed E-state index contributed by atoms with van der Waals surface area (Å²) in [6.07, 6.45) is -0.000413. The van der Waals surface area contributed by atoms with Gasteiger partial charge in [-0.2, -0.15) is 0 Å². The van der Waals surface area contributed by atoms with Crippen LogP contribution in [0.5, 0.6) is 5.75 Å². The summed E-state index contributed by atoms with van der Waals surface area (Å²) in [6, 6.07) is 3.63. The first-order valence-electron chi connectivity index (χ1n) is 6.04. The number of phenolic OH excluding ortho intramolecular Hbond substituents is 1. The molecule has 1 aromatic rings. The number of aliphatic hydroxyl groups is 1. The number of carbonyl (C=O) groups is 1. The molecule has 6 heteroatoms. The third-order valence-corrected chi connectivity index (χ3v) is 3.43. The molecule has 0 bridgehead atoms. The molecule has 0 spiro atoms. The van der Waals surface area contributed by atoms with Crippen molar-refractivity contribution in [1.82, 2.24) is 5.32 Å². The summed E-state index contributed by atoms with van der Waals surface area (Å²) < 4.78 is 18.7. The molecule has 1 aliphatic heterocycles. The van der Waals surface area contributed by atoms with Gasteiger partial charge in [-0.3, -0.25) is 4.79 Å². The molecular formula is C13H16FNO4. The Morgan fingerprint density at radius 2 is 2.37 bits per heavy atom. The molecule has 0 radical (unpaired) electrons. The van der Waals surface area contributed by atoms with Crippen LogP contribution in [-0.2, 0) is 4.74 Å². The number of hydrogen-bond acceptors (Lipinski definition) is 4. The van der Waals surface area contributed by atoms with Gasteiger partial charge in [0, 0.05) is 19.6 Å². The Hall–Kier alpha value is -1.66. The number of carbonyl (C=O) groups excluding carboxylic acids is 1. The molecule has 2 rings (SSSR count). The van der Waals surface area contributed by atoms with Crippen LogP contribution in [0, 0.1) is 5.82 Å². The van der Waals surface area contributed by atoms with Crippen molar-refractivity contribution in [2.45, 2.75) is 25.0 Å². The highest BCUT2D eigenvalue weighted by Gasteiger charge is 2.39. The highest BCUT2D eigenvalue weighted by atomic mass is 19.1. The molecule has 0 saturated carbocycles. The number of benzene rings is 1. The zero-order valence-electron chi connectivity index (χ0n) is 10.5. The lowest BCUT2D eigenvalue weighted by molar-refractivity contribution is -0.0252. The zero-order valence-corrected chi connectivity index (χ0v) is 10.5. The fraction of sp³-hybridized carbons (Fsp3) is 0.462. The molecule has 1 heterocycles. The van der Waals surface area contributed by atoms with Gasteiger partial charge in [-0.15, -0.1) is 0 Å². The molecule has 1 fully saturated rings. The van der Waals surface area contributed by atoms with E-state index in [1.54, 1.807) is 6.92 Å². The van der Waals surface area contributed by atoms with Crippen LogP contribution in [0.3, 0.4) is 0 Å². The predicted octanol–water partition coefficient (Wildman–Crippen LogP) is 0.801. The largest absolute Gasteiger partial charge is 0.507 e. The van der Waals surface area contributed by atoms with E-state index in [4.69, 9.17) is 4.74 Å². The third-order valence-electron chi connectivity index (χ3n) is 3.43. The molecule has 1 aliphatic rings. The SMILES string of the molecule is CC1OCCC1(O)CNC(=O)c1c(O)cccc1F. The van der Waals surface area contributed by atoms with Gasteiger partial charge < -0.3 is 20.3 Å². The Bertz CT molecular complexity index is 473. The molecule has 2 atom stereocenters. The van der Waals surface area contributed by atoms with Crippen molar-refractivity contribution in [2.24, 2.45) is 0 Å². The van der Waals surface area contributed by atoms with Crippen molar-refractivity contribution < 1.29 is 24.1 Å². The Morgan fingerprint density at radius 1 is 1.63 bits per heavy atom. The standard InChI is InChI=1S/C13H16FNO4/c1-8-13(18,5-6-19-8)7-15-12(17)11-9(14)3-2-4-10(11)16/h2-4,8,16,18H,5-7H2,1H3,(H,15,17). The second-order valence-electron chi connectivity index (χ2n) is 4.68. The first-order valence-corrected chi connectivity index (χ1v) is 6.04.